The van der Waals surface area contributed by atoms with Crippen LogP contribution in [0.2, 0.25) is 0 Å². The molecule has 0 aromatic carbocycles. The van der Waals surface area contributed by atoms with E-state index in [0.29, 0.717) is 19.3 Å². The highest BCUT2D eigenvalue weighted by atomic mass is 16.6. The minimum Gasteiger partial charge on any atom is -0.477 e. The molecule has 0 fully saturated rings. The minimum absolute atomic E-state index is 0.0480. The average Bonchev–Trinajstić information content (AvgIpc) is 3.15. The van der Waals surface area contributed by atoms with E-state index in [2.05, 4.69) is 26.0 Å². The zero-order chi connectivity index (χ0) is 41.4. The molecule has 8 nitrogen and oxygen atoms in total. The average molecular weight is 795 g/mol. The van der Waals surface area contributed by atoms with Crippen molar-refractivity contribution in [1.82, 2.24) is 0 Å². The van der Waals surface area contributed by atoms with Gasteiger partial charge in [0.25, 0.3) is 0 Å². The summed E-state index contributed by atoms with van der Waals surface area (Å²) in [5.41, 5.74) is 0. The number of hydrogen-bond acceptors (Lipinski definition) is 6. The Balaban J connectivity index is 4.26. The Morgan fingerprint density at radius 1 is 0.518 bits per heavy atom. The number of carbonyl (C=O) groups is 3. The molecular weight excluding hydrogens is 703 g/mol. The molecule has 0 saturated carbocycles. The van der Waals surface area contributed by atoms with Crippen LogP contribution in [0.4, 0.5) is 0 Å². The van der Waals surface area contributed by atoms with Gasteiger partial charge in [0.05, 0.1) is 34.4 Å². The van der Waals surface area contributed by atoms with Crippen LogP contribution in [0, 0.1) is 0 Å². The number of hydrogen-bond donors (Lipinski definition) is 1. The van der Waals surface area contributed by atoms with Gasteiger partial charge in [-0.25, -0.2) is 4.79 Å². The number of likely N-dealkylation sites (N-methyl/N-ethyl adjacent to an activating group) is 1. The van der Waals surface area contributed by atoms with Gasteiger partial charge in [0, 0.05) is 19.3 Å². The first-order valence-electron chi connectivity index (χ1n) is 23.7. The maximum Gasteiger partial charge on any atom is 0.362 e. The van der Waals surface area contributed by atoms with Crippen molar-refractivity contribution < 1.29 is 38.2 Å². The number of quaternary nitrogens is 1. The summed E-state index contributed by atoms with van der Waals surface area (Å²) in [6.45, 7) is 4.75. The first kappa shape index (κ1) is 54.1. The van der Waals surface area contributed by atoms with E-state index in [1.807, 2.05) is 21.1 Å². The van der Waals surface area contributed by atoms with Gasteiger partial charge in [-0.1, -0.05) is 180 Å². The second-order valence-electron chi connectivity index (χ2n) is 17.4. The number of ether oxygens (including phenoxy) is 3. The number of carboxylic acid groups (broad SMARTS) is 1. The number of aliphatic carboxylic acids is 1. The van der Waals surface area contributed by atoms with Crippen molar-refractivity contribution in [3.8, 4) is 0 Å². The summed E-state index contributed by atoms with van der Waals surface area (Å²) in [5, 5.41) is 9.63. The number of rotatable bonds is 43. The third kappa shape index (κ3) is 37.6. The summed E-state index contributed by atoms with van der Waals surface area (Å²) < 4.78 is 17.3. The summed E-state index contributed by atoms with van der Waals surface area (Å²) in [6, 6.07) is -0.612. The largest absolute Gasteiger partial charge is 0.477 e. The van der Waals surface area contributed by atoms with Gasteiger partial charge in [0.1, 0.15) is 6.61 Å². The topological polar surface area (TPSA) is 99.1 Å². The molecule has 0 rings (SSSR count). The van der Waals surface area contributed by atoms with E-state index >= 15 is 0 Å². The third-order valence-electron chi connectivity index (χ3n) is 10.9. The molecule has 0 amide bonds. The van der Waals surface area contributed by atoms with Crippen molar-refractivity contribution >= 4 is 17.9 Å². The van der Waals surface area contributed by atoms with E-state index in [1.165, 1.54) is 141 Å². The highest BCUT2D eigenvalue weighted by Crippen LogP contribution is 2.16. The van der Waals surface area contributed by atoms with Gasteiger partial charge in [-0.2, -0.15) is 0 Å². The van der Waals surface area contributed by atoms with E-state index in [0.717, 1.165) is 51.4 Å². The van der Waals surface area contributed by atoms with E-state index < -0.39 is 18.1 Å². The van der Waals surface area contributed by atoms with E-state index in [-0.39, 0.29) is 36.2 Å². The minimum atomic E-state index is -0.873. The first-order valence-corrected chi connectivity index (χ1v) is 23.7. The number of carboxylic acids is 1. The molecule has 0 saturated heterocycles. The van der Waals surface area contributed by atoms with Crippen LogP contribution < -0.4 is 0 Å². The molecule has 2 unspecified atom stereocenters. The Kier molecular flexibility index (Phi) is 38.5. The van der Waals surface area contributed by atoms with Crippen LogP contribution in [0.5, 0.6) is 0 Å². The molecule has 0 aliphatic carbocycles. The molecular formula is C48H92NO7+. The van der Waals surface area contributed by atoms with Crippen molar-refractivity contribution in [3.05, 3.63) is 12.2 Å². The zero-order valence-corrected chi connectivity index (χ0v) is 37.6. The molecule has 0 heterocycles. The smallest absolute Gasteiger partial charge is 0.362 e. The summed E-state index contributed by atoms with van der Waals surface area (Å²) in [6.07, 6.45) is 42.5. The predicted molar refractivity (Wildman–Crippen MR) is 234 cm³/mol. The lowest BCUT2D eigenvalue weighted by Crippen LogP contribution is -2.50. The molecule has 8 heteroatoms. The predicted octanol–water partition coefficient (Wildman–Crippen LogP) is 13.1. The molecule has 0 spiro atoms. The van der Waals surface area contributed by atoms with Crippen molar-refractivity contribution in [2.45, 2.75) is 238 Å². The molecule has 0 aromatic heterocycles. The fourth-order valence-corrected chi connectivity index (χ4v) is 7.21. The maximum absolute atomic E-state index is 12.7. The van der Waals surface area contributed by atoms with Gasteiger partial charge in [-0.15, -0.1) is 0 Å². The van der Waals surface area contributed by atoms with Crippen LogP contribution in [0.15, 0.2) is 12.2 Å². The Bertz CT molecular complexity index is 931. The highest BCUT2D eigenvalue weighted by Gasteiger charge is 2.31. The lowest BCUT2D eigenvalue weighted by molar-refractivity contribution is -0.887. The van der Waals surface area contributed by atoms with Crippen LogP contribution in [-0.2, 0) is 28.6 Å². The number of allylic oxidation sites excluding steroid dienone is 2. The van der Waals surface area contributed by atoms with Gasteiger partial charge in [0.2, 0.25) is 0 Å². The maximum atomic E-state index is 12.7. The van der Waals surface area contributed by atoms with E-state index in [1.54, 1.807) is 0 Å². The van der Waals surface area contributed by atoms with E-state index in [9.17, 15) is 19.5 Å². The van der Waals surface area contributed by atoms with Gasteiger partial charge in [0.15, 0.2) is 12.1 Å². The van der Waals surface area contributed by atoms with Crippen LogP contribution in [0.1, 0.15) is 226 Å². The lowest BCUT2D eigenvalue weighted by Gasteiger charge is -2.31. The Morgan fingerprint density at radius 3 is 1.29 bits per heavy atom. The lowest BCUT2D eigenvalue weighted by atomic mass is 10.0. The summed E-state index contributed by atoms with van der Waals surface area (Å²) in [7, 11) is 5.53. The monoisotopic (exact) mass is 795 g/mol. The van der Waals surface area contributed by atoms with Crippen LogP contribution >= 0.6 is 0 Å². The Hall–Kier alpha value is -1.93. The van der Waals surface area contributed by atoms with Gasteiger partial charge in [-0.05, 0) is 38.5 Å². The summed E-state index contributed by atoms with van der Waals surface area (Å²) in [4.78, 5) is 37.0. The fourth-order valence-electron chi connectivity index (χ4n) is 7.21. The van der Waals surface area contributed by atoms with Crippen molar-refractivity contribution in [1.29, 1.82) is 0 Å². The fraction of sp³-hybridized carbons (Fsp3) is 0.896. The quantitative estimate of drug-likeness (QED) is 0.0284. The molecule has 2 atom stereocenters. The molecule has 330 valence electrons. The van der Waals surface area contributed by atoms with Crippen LogP contribution in [0.25, 0.3) is 0 Å². The zero-order valence-electron chi connectivity index (χ0n) is 37.6. The first-order chi connectivity index (χ1) is 27.1. The number of nitrogens with zero attached hydrogens (tertiary/aromatic N) is 1. The second-order valence-corrected chi connectivity index (χ2v) is 17.4. The Labute approximate surface area is 346 Å². The third-order valence-corrected chi connectivity index (χ3v) is 10.9. The molecule has 0 aliphatic heterocycles. The molecule has 0 aromatic rings. The number of unbranched alkanes of at least 4 members (excludes halogenated alkanes) is 27. The van der Waals surface area contributed by atoms with Crippen molar-refractivity contribution in [3.63, 3.8) is 0 Å². The Morgan fingerprint density at radius 2 is 0.893 bits per heavy atom. The summed E-state index contributed by atoms with van der Waals surface area (Å²) >= 11 is 0. The van der Waals surface area contributed by atoms with Gasteiger partial charge >= 0.3 is 17.9 Å². The van der Waals surface area contributed by atoms with E-state index in [4.69, 9.17) is 14.2 Å². The summed E-state index contributed by atoms with van der Waals surface area (Å²) in [5.74, 6) is -1.46. The van der Waals surface area contributed by atoms with Crippen molar-refractivity contribution in [2.75, 3.05) is 41.0 Å². The normalized spacial score (nSPS) is 12.9. The number of esters is 2. The second kappa shape index (κ2) is 39.9. The molecule has 0 bridgehead atoms. The van der Waals surface area contributed by atoms with Crippen LogP contribution in [0.3, 0.4) is 0 Å². The van der Waals surface area contributed by atoms with Crippen LogP contribution in [-0.4, -0.2) is 80.6 Å². The molecule has 0 aliphatic rings. The highest BCUT2D eigenvalue weighted by molar-refractivity contribution is 5.72. The van der Waals surface area contributed by atoms with Gasteiger partial charge < -0.3 is 23.8 Å². The number of carbonyl (C=O) groups excluding carboxylic acids is 2. The van der Waals surface area contributed by atoms with Crippen molar-refractivity contribution in [2.24, 2.45) is 0 Å². The molecule has 56 heavy (non-hydrogen) atoms. The standard InChI is InChI=1S/C48H91NO7/c1-6-8-10-12-14-16-18-20-22-23-24-25-27-28-30-32-34-36-38-46(50)55-43-44(42-54-41-40-45(48(52)53)49(3,4)5)56-47(51)39-37-35-33-31-29-26-21-19-17-15-13-11-9-7-2/h19,21,44-45H,6-18,20,22-43H2,1-5H3/p+1/b21-19-. The SMILES string of the molecule is CCCCCCC/C=C\CCCCCCCC(=O)OC(COCCC(C(=O)O)[N+](C)(C)C)COC(=O)CCCCCCCCCCCCCCCCCCCC. The van der Waals surface area contributed by atoms with Gasteiger partial charge in [-0.3, -0.25) is 9.59 Å². The molecule has 1 N–H and O–H groups in total. The molecule has 0 radical (unpaired) electrons.